The summed E-state index contributed by atoms with van der Waals surface area (Å²) < 4.78 is 60.3. The average molecular weight is 524 g/mol. The molecule has 2 unspecified atom stereocenters. The zero-order valence-corrected chi connectivity index (χ0v) is 20.9. The van der Waals surface area contributed by atoms with Gasteiger partial charge >= 0.3 is 6.18 Å². The van der Waals surface area contributed by atoms with E-state index in [1.807, 2.05) is 30.3 Å². The molecule has 2 aromatic rings. The van der Waals surface area contributed by atoms with Gasteiger partial charge in [0.2, 0.25) is 11.8 Å². The van der Waals surface area contributed by atoms with E-state index in [1.165, 1.54) is 13.0 Å². The van der Waals surface area contributed by atoms with Crippen molar-refractivity contribution in [3.05, 3.63) is 59.3 Å². The summed E-state index contributed by atoms with van der Waals surface area (Å²) in [5, 5.41) is 17.1. The van der Waals surface area contributed by atoms with Crippen LogP contribution in [0.1, 0.15) is 68.4 Å². The molecule has 1 amide bonds. The summed E-state index contributed by atoms with van der Waals surface area (Å²) in [4.78, 5) is 16.0. The minimum Gasteiger partial charge on any atom is -0.471 e. The number of ether oxygens (including phenoxy) is 1. The molecule has 0 saturated heterocycles. The maximum Gasteiger partial charge on any atom is 0.394 e. The van der Waals surface area contributed by atoms with Crippen LogP contribution in [0.2, 0.25) is 0 Å². The minimum absolute atomic E-state index is 0.0974. The monoisotopic (exact) mass is 523 g/mol. The highest BCUT2D eigenvalue weighted by atomic mass is 19.4. The summed E-state index contributed by atoms with van der Waals surface area (Å²) in [6, 6.07) is 9.88. The number of benzene rings is 1. The summed E-state index contributed by atoms with van der Waals surface area (Å²) in [7, 11) is 0. The number of hydrogen-bond donors (Lipinski definition) is 3. The van der Waals surface area contributed by atoms with Gasteiger partial charge in [-0.3, -0.25) is 4.79 Å². The highest BCUT2D eigenvalue weighted by Gasteiger charge is 2.47. The Kier molecular flexibility index (Phi) is 8.08. The van der Waals surface area contributed by atoms with Gasteiger partial charge in [0.25, 0.3) is 0 Å². The van der Waals surface area contributed by atoms with Crippen LogP contribution in [-0.2, 0) is 11.2 Å². The number of aromatic nitrogens is 1. The Hall–Kier alpha value is -2.72. The normalized spacial score (nSPS) is 21.6. The number of hydrogen-bond acceptors (Lipinski definition) is 5. The third-order valence-corrected chi connectivity index (χ3v) is 7.43. The molecule has 1 aromatic heterocycles. The molecule has 1 spiro atoms. The largest absolute Gasteiger partial charge is 0.471 e. The number of aliphatic hydroxyl groups excluding tert-OH is 1. The minimum atomic E-state index is -4.68. The molecule has 1 aliphatic carbocycles. The average Bonchev–Trinajstić information content (AvgIpc) is 2.84. The van der Waals surface area contributed by atoms with Gasteiger partial charge in [0.15, 0.2) is 0 Å². The Morgan fingerprint density at radius 3 is 2.57 bits per heavy atom. The van der Waals surface area contributed by atoms with E-state index in [0.717, 1.165) is 37.9 Å². The van der Waals surface area contributed by atoms with Gasteiger partial charge < -0.3 is 20.5 Å². The van der Waals surface area contributed by atoms with E-state index in [4.69, 9.17) is 4.74 Å². The number of carbonyl (C=O) groups is 1. The number of nitrogens with zero attached hydrogens (tertiary/aromatic N) is 1. The number of amides is 1. The topological polar surface area (TPSA) is 83.5 Å². The van der Waals surface area contributed by atoms with Gasteiger partial charge in [0.1, 0.15) is 11.8 Å². The zero-order chi connectivity index (χ0) is 26.8. The van der Waals surface area contributed by atoms with Crippen molar-refractivity contribution < 1.29 is 32.2 Å². The fourth-order valence-electron chi connectivity index (χ4n) is 5.03. The van der Waals surface area contributed by atoms with Crippen LogP contribution < -0.4 is 15.4 Å². The summed E-state index contributed by atoms with van der Waals surface area (Å²) >= 11 is 0. The molecule has 1 fully saturated rings. The second-order valence-electron chi connectivity index (χ2n) is 10.3. The Morgan fingerprint density at radius 2 is 1.97 bits per heavy atom. The lowest BCUT2D eigenvalue weighted by molar-refractivity contribution is -0.186. The smallest absolute Gasteiger partial charge is 0.394 e. The molecule has 4 rings (SSSR count). The van der Waals surface area contributed by atoms with Gasteiger partial charge in [-0.15, -0.1) is 0 Å². The molecule has 2 heterocycles. The van der Waals surface area contributed by atoms with Crippen LogP contribution in [0.3, 0.4) is 0 Å². The van der Waals surface area contributed by atoms with Crippen molar-refractivity contribution in [3.63, 3.8) is 0 Å². The third-order valence-electron chi connectivity index (χ3n) is 7.43. The van der Waals surface area contributed by atoms with Gasteiger partial charge in [0.05, 0.1) is 18.1 Å². The number of pyridine rings is 1. The molecular weight excluding hydrogens is 490 g/mol. The second kappa shape index (κ2) is 10.9. The van der Waals surface area contributed by atoms with E-state index < -0.39 is 42.1 Å². The standard InChI is InChI=1S/C27H33F4N3O3/c1-16(27(29,30)31)24(28)19-12-20-22(13-26(9-6-10-26)37-25(20)33-14-19)32-15-23(36)21(34-17(2)35)11-18-7-4-3-5-8-18/h3-5,7-8,12,14,16,21-24,32,36H,6,9-11,13,15H2,1-2H3,(H,34,35)/t16?,21-,22-,23+,24?/m0/s1. The first-order valence-corrected chi connectivity index (χ1v) is 12.6. The van der Waals surface area contributed by atoms with Crippen molar-refractivity contribution in [2.45, 2.75) is 82.1 Å². The Labute approximate surface area is 213 Å². The molecule has 0 radical (unpaired) electrons. The summed E-state index contributed by atoms with van der Waals surface area (Å²) in [5.74, 6) is -2.18. The number of halogens is 4. The summed E-state index contributed by atoms with van der Waals surface area (Å²) in [6.45, 7) is 2.29. The number of aliphatic hydroxyl groups is 1. The number of rotatable bonds is 9. The molecule has 1 saturated carbocycles. The van der Waals surface area contributed by atoms with Gasteiger partial charge in [-0.1, -0.05) is 37.3 Å². The lowest BCUT2D eigenvalue weighted by Gasteiger charge is -2.47. The van der Waals surface area contributed by atoms with Gasteiger partial charge in [-0.2, -0.15) is 13.2 Å². The maximum absolute atomic E-state index is 14.8. The van der Waals surface area contributed by atoms with Crippen molar-refractivity contribution in [1.82, 2.24) is 15.6 Å². The third kappa shape index (κ3) is 6.41. The molecule has 6 nitrogen and oxygen atoms in total. The van der Waals surface area contributed by atoms with Crippen LogP contribution in [0.4, 0.5) is 17.6 Å². The van der Waals surface area contributed by atoms with Crippen molar-refractivity contribution >= 4 is 5.91 Å². The van der Waals surface area contributed by atoms with Gasteiger partial charge in [-0.25, -0.2) is 9.37 Å². The quantitative estimate of drug-likeness (QED) is 0.414. The van der Waals surface area contributed by atoms with Crippen LogP contribution in [0.5, 0.6) is 5.88 Å². The predicted molar refractivity (Wildman–Crippen MR) is 130 cm³/mol. The van der Waals surface area contributed by atoms with Crippen molar-refractivity contribution in [2.24, 2.45) is 5.92 Å². The van der Waals surface area contributed by atoms with Crippen molar-refractivity contribution in [1.29, 1.82) is 0 Å². The van der Waals surface area contributed by atoms with Crippen molar-refractivity contribution in [3.8, 4) is 5.88 Å². The first-order chi connectivity index (χ1) is 17.5. The molecule has 5 atom stereocenters. The highest BCUT2D eigenvalue weighted by molar-refractivity contribution is 5.73. The zero-order valence-electron chi connectivity index (χ0n) is 20.9. The summed E-state index contributed by atoms with van der Waals surface area (Å²) in [5.41, 5.74) is 0.828. The molecule has 0 bridgehead atoms. The lowest BCUT2D eigenvalue weighted by Crippen LogP contribution is -2.52. The molecule has 202 valence electrons. The first kappa shape index (κ1) is 27.3. The van der Waals surface area contributed by atoms with Gasteiger partial charge in [-0.05, 0) is 37.3 Å². The van der Waals surface area contributed by atoms with E-state index >= 15 is 0 Å². The fourth-order valence-corrected chi connectivity index (χ4v) is 5.03. The first-order valence-electron chi connectivity index (χ1n) is 12.6. The number of fused-ring (bicyclic) bond motifs is 1. The van der Waals surface area contributed by atoms with Gasteiger partial charge in [0, 0.05) is 43.3 Å². The van der Waals surface area contributed by atoms with E-state index in [-0.39, 0.29) is 23.9 Å². The SMILES string of the molecule is CC(=O)N[C@@H](Cc1ccccc1)[C@H](O)CN[C@H]1CC2(CCC2)Oc2ncc(C(F)C(C)C(F)(F)F)cc21. The molecule has 2 aliphatic rings. The molecule has 37 heavy (non-hydrogen) atoms. The Balaban J connectivity index is 1.53. The highest BCUT2D eigenvalue weighted by Crippen LogP contribution is 2.49. The predicted octanol–water partition coefficient (Wildman–Crippen LogP) is 4.73. The van der Waals surface area contributed by atoms with Crippen LogP contribution in [0.25, 0.3) is 0 Å². The molecule has 10 heteroatoms. The van der Waals surface area contributed by atoms with E-state index in [0.29, 0.717) is 18.4 Å². The Bertz CT molecular complexity index is 1080. The lowest BCUT2D eigenvalue weighted by atomic mass is 9.73. The molecule has 1 aromatic carbocycles. The van der Waals surface area contributed by atoms with E-state index in [1.54, 1.807) is 0 Å². The van der Waals surface area contributed by atoms with Crippen LogP contribution in [0, 0.1) is 5.92 Å². The number of nitrogens with one attached hydrogen (secondary N) is 2. The second-order valence-corrected chi connectivity index (χ2v) is 10.3. The molecular formula is C27H33F4N3O3. The van der Waals surface area contributed by atoms with Crippen molar-refractivity contribution in [2.75, 3.05) is 6.54 Å². The summed E-state index contributed by atoms with van der Waals surface area (Å²) in [6.07, 6.45) is -3.23. The van der Waals surface area contributed by atoms with Crippen LogP contribution >= 0.6 is 0 Å². The molecule has 3 N–H and O–H groups in total. The fraction of sp³-hybridized carbons (Fsp3) is 0.556. The van der Waals surface area contributed by atoms with E-state index in [9.17, 15) is 27.5 Å². The maximum atomic E-state index is 14.8. The number of carbonyl (C=O) groups excluding carboxylic acids is 1. The molecule has 1 aliphatic heterocycles. The van der Waals surface area contributed by atoms with Crippen LogP contribution in [0.15, 0.2) is 42.6 Å². The van der Waals surface area contributed by atoms with Crippen LogP contribution in [-0.4, -0.2) is 46.5 Å². The van der Waals surface area contributed by atoms with E-state index in [2.05, 4.69) is 15.6 Å². The number of alkyl halides is 4. The Morgan fingerprint density at radius 1 is 1.27 bits per heavy atom.